The summed E-state index contributed by atoms with van der Waals surface area (Å²) in [5.74, 6) is 0.417. The molecule has 1 fully saturated rings. The third kappa shape index (κ3) is 5.82. The van der Waals surface area contributed by atoms with E-state index < -0.39 is 0 Å². The number of anilines is 1. The van der Waals surface area contributed by atoms with Gasteiger partial charge in [-0.05, 0) is 44.5 Å². The first-order chi connectivity index (χ1) is 11.6. The van der Waals surface area contributed by atoms with Gasteiger partial charge in [0.15, 0.2) is 0 Å². The van der Waals surface area contributed by atoms with Gasteiger partial charge in [-0.15, -0.1) is 0 Å². The topological polar surface area (TPSA) is 55.6 Å². The van der Waals surface area contributed by atoms with Crippen molar-refractivity contribution in [3.63, 3.8) is 0 Å². The average Bonchev–Trinajstić information content (AvgIpc) is 2.99. The Morgan fingerprint density at radius 2 is 2.00 bits per heavy atom. The van der Waals surface area contributed by atoms with E-state index in [-0.39, 0.29) is 11.9 Å². The van der Waals surface area contributed by atoms with E-state index in [4.69, 9.17) is 10.5 Å². The summed E-state index contributed by atoms with van der Waals surface area (Å²) in [6.45, 7) is 3.98. The summed E-state index contributed by atoms with van der Waals surface area (Å²) in [6, 6.07) is 5.67. The molecule has 0 spiro atoms. The Labute approximate surface area is 146 Å². The maximum Gasteiger partial charge on any atom is 0.315 e. The van der Waals surface area contributed by atoms with Crippen LogP contribution in [0.3, 0.4) is 0 Å². The van der Waals surface area contributed by atoms with E-state index in [0.717, 1.165) is 37.2 Å². The molecule has 1 atom stereocenters. The highest BCUT2D eigenvalue weighted by molar-refractivity contribution is 5.76. The Hall–Kier alpha value is -1.55. The minimum Gasteiger partial charge on any atom is -0.426 e. The van der Waals surface area contributed by atoms with Gasteiger partial charge in [-0.1, -0.05) is 45.1 Å². The molecule has 0 aromatic heterocycles. The minimum absolute atomic E-state index is 0.0148. The molecule has 0 radical (unpaired) electrons. The maximum absolute atomic E-state index is 12.2. The number of rotatable bonds is 9. The van der Waals surface area contributed by atoms with Crippen LogP contribution in [0.5, 0.6) is 5.75 Å². The summed E-state index contributed by atoms with van der Waals surface area (Å²) in [5.41, 5.74) is 8.03. The molecule has 1 aromatic rings. The van der Waals surface area contributed by atoms with Gasteiger partial charge in [-0.3, -0.25) is 4.79 Å². The highest BCUT2D eigenvalue weighted by Crippen LogP contribution is 2.24. The van der Waals surface area contributed by atoms with E-state index in [0.29, 0.717) is 5.75 Å². The number of hydrogen-bond acceptors (Lipinski definition) is 4. The van der Waals surface area contributed by atoms with Crippen LogP contribution in [0, 0.1) is 5.92 Å². The van der Waals surface area contributed by atoms with Crippen molar-refractivity contribution in [2.75, 3.05) is 25.9 Å². The minimum atomic E-state index is -0.137. The highest BCUT2D eigenvalue weighted by Gasteiger charge is 2.27. The second kappa shape index (κ2) is 9.67. The molecule has 1 unspecified atom stereocenters. The van der Waals surface area contributed by atoms with E-state index >= 15 is 0 Å². The number of likely N-dealkylation sites (tertiary alicyclic amines) is 1. The average molecular weight is 332 g/mol. The largest absolute Gasteiger partial charge is 0.426 e. The summed E-state index contributed by atoms with van der Waals surface area (Å²) in [6.07, 6.45) is 9.55. The van der Waals surface area contributed by atoms with Gasteiger partial charge < -0.3 is 15.4 Å². The first-order valence-corrected chi connectivity index (χ1v) is 9.38. The zero-order valence-electron chi connectivity index (χ0n) is 15.2. The Morgan fingerprint density at radius 3 is 2.67 bits per heavy atom. The summed E-state index contributed by atoms with van der Waals surface area (Å²) in [4.78, 5) is 14.3. The normalized spacial score (nSPS) is 18.0. The van der Waals surface area contributed by atoms with Gasteiger partial charge in [0.25, 0.3) is 0 Å². The van der Waals surface area contributed by atoms with E-state index in [1.165, 1.54) is 38.5 Å². The molecule has 1 aliphatic heterocycles. The van der Waals surface area contributed by atoms with E-state index in [9.17, 15) is 4.79 Å². The monoisotopic (exact) mass is 332 g/mol. The molecule has 0 saturated carbocycles. The van der Waals surface area contributed by atoms with Crippen molar-refractivity contribution in [3.8, 4) is 5.75 Å². The number of ether oxygens (including phenoxy) is 1. The summed E-state index contributed by atoms with van der Waals surface area (Å²) < 4.78 is 5.51. The van der Waals surface area contributed by atoms with Crippen LogP contribution in [0.2, 0.25) is 0 Å². The van der Waals surface area contributed by atoms with Crippen LogP contribution in [0.25, 0.3) is 0 Å². The van der Waals surface area contributed by atoms with Crippen LogP contribution in [-0.4, -0.2) is 31.0 Å². The molecule has 2 N–H and O–H groups in total. The predicted molar refractivity (Wildman–Crippen MR) is 99.2 cm³/mol. The van der Waals surface area contributed by atoms with Crippen molar-refractivity contribution in [2.24, 2.45) is 5.92 Å². The van der Waals surface area contributed by atoms with Crippen LogP contribution in [0.1, 0.15) is 57.4 Å². The Kier molecular flexibility index (Phi) is 7.57. The second-order valence-electron chi connectivity index (χ2n) is 7.05. The molecule has 1 aromatic carbocycles. The smallest absolute Gasteiger partial charge is 0.315 e. The molecule has 1 heterocycles. The van der Waals surface area contributed by atoms with Crippen molar-refractivity contribution >= 4 is 11.7 Å². The fourth-order valence-corrected chi connectivity index (χ4v) is 3.29. The van der Waals surface area contributed by atoms with Crippen molar-refractivity contribution in [1.29, 1.82) is 0 Å². The molecule has 1 saturated heterocycles. The molecular formula is C20H32N2O2. The van der Waals surface area contributed by atoms with Crippen molar-refractivity contribution in [2.45, 2.75) is 58.3 Å². The van der Waals surface area contributed by atoms with E-state index in [1.807, 2.05) is 19.2 Å². The lowest BCUT2D eigenvalue weighted by Crippen LogP contribution is -2.23. The third-order valence-corrected chi connectivity index (χ3v) is 4.86. The van der Waals surface area contributed by atoms with Gasteiger partial charge in [0.05, 0.1) is 5.92 Å². The van der Waals surface area contributed by atoms with Gasteiger partial charge in [0.1, 0.15) is 5.75 Å². The van der Waals surface area contributed by atoms with Crippen LogP contribution in [-0.2, 0) is 11.2 Å². The summed E-state index contributed by atoms with van der Waals surface area (Å²) >= 11 is 0. The molecule has 134 valence electrons. The number of aryl methyl sites for hydroxylation is 1. The van der Waals surface area contributed by atoms with Crippen LogP contribution in [0.15, 0.2) is 18.2 Å². The number of benzene rings is 1. The quantitative estimate of drug-likeness (QED) is 0.321. The van der Waals surface area contributed by atoms with Crippen LogP contribution >= 0.6 is 0 Å². The van der Waals surface area contributed by atoms with Crippen molar-refractivity contribution < 1.29 is 9.53 Å². The predicted octanol–water partition coefficient (Wildman–Crippen LogP) is 4.03. The lowest BCUT2D eigenvalue weighted by atomic mass is 10.0. The number of esters is 1. The number of carbonyl (C=O) groups excluding carboxylic acids is 1. The Balaban J connectivity index is 1.78. The lowest BCUT2D eigenvalue weighted by Gasteiger charge is -2.12. The third-order valence-electron chi connectivity index (χ3n) is 4.86. The molecule has 2 rings (SSSR count). The fraction of sp³-hybridized carbons (Fsp3) is 0.650. The number of nitrogens with zero attached hydrogens (tertiary/aromatic N) is 1. The first kappa shape index (κ1) is 18.8. The van der Waals surface area contributed by atoms with Crippen LogP contribution in [0.4, 0.5) is 5.69 Å². The highest BCUT2D eigenvalue weighted by atomic mass is 16.5. The maximum atomic E-state index is 12.2. The number of hydrogen-bond donors (Lipinski definition) is 1. The lowest BCUT2D eigenvalue weighted by molar-refractivity contribution is -0.138. The molecule has 4 heteroatoms. The standard InChI is InChI=1S/C20H32N2O2/c1-3-4-5-6-7-8-9-16-10-11-18(14-19(16)21)24-20(23)17-12-13-22(2)15-17/h10-11,14,17H,3-9,12-13,15,21H2,1-2H3. The van der Waals surface area contributed by atoms with Gasteiger partial charge >= 0.3 is 5.97 Å². The molecule has 0 aliphatic carbocycles. The van der Waals surface area contributed by atoms with Gasteiger partial charge in [0, 0.05) is 18.3 Å². The SMILES string of the molecule is CCCCCCCCc1ccc(OC(=O)C2CCN(C)C2)cc1N. The number of carbonyl (C=O) groups is 1. The second-order valence-corrected chi connectivity index (χ2v) is 7.05. The summed E-state index contributed by atoms with van der Waals surface area (Å²) in [5, 5.41) is 0. The Morgan fingerprint density at radius 1 is 1.25 bits per heavy atom. The Bertz CT molecular complexity index is 530. The summed E-state index contributed by atoms with van der Waals surface area (Å²) in [7, 11) is 2.03. The molecule has 1 aliphatic rings. The molecule has 4 nitrogen and oxygen atoms in total. The number of nitrogens with two attached hydrogens (primary N) is 1. The number of unbranched alkanes of at least 4 members (excludes halogenated alkanes) is 5. The first-order valence-electron chi connectivity index (χ1n) is 9.38. The zero-order chi connectivity index (χ0) is 17.4. The zero-order valence-corrected chi connectivity index (χ0v) is 15.2. The van der Waals surface area contributed by atoms with E-state index in [2.05, 4.69) is 11.8 Å². The van der Waals surface area contributed by atoms with Crippen molar-refractivity contribution in [3.05, 3.63) is 23.8 Å². The van der Waals surface area contributed by atoms with Gasteiger partial charge in [-0.2, -0.15) is 0 Å². The molecular weight excluding hydrogens is 300 g/mol. The molecule has 0 bridgehead atoms. The van der Waals surface area contributed by atoms with E-state index in [1.54, 1.807) is 6.07 Å². The molecule has 24 heavy (non-hydrogen) atoms. The molecule has 0 amide bonds. The van der Waals surface area contributed by atoms with Crippen molar-refractivity contribution in [1.82, 2.24) is 4.90 Å². The van der Waals surface area contributed by atoms with Gasteiger partial charge in [-0.25, -0.2) is 0 Å². The fourth-order valence-electron chi connectivity index (χ4n) is 3.29. The van der Waals surface area contributed by atoms with Crippen LogP contribution < -0.4 is 10.5 Å². The van der Waals surface area contributed by atoms with Gasteiger partial charge in [0.2, 0.25) is 0 Å². The number of nitrogen functional groups attached to an aromatic ring is 1.